The Balaban J connectivity index is 3.81. The maximum atomic E-state index is 8.32. The van der Waals surface area contributed by atoms with Crippen molar-refractivity contribution in [3.63, 3.8) is 0 Å². The maximum Gasteiger partial charge on any atom is 0.207 e. The Labute approximate surface area is 86.8 Å². The number of nitrogens with zero attached hydrogens (tertiary/aromatic N) is 2. The number of aliphatic imine (C=N–C) groups is 1. The first kappa shape index (κ1) is 12.2. The molecule has 0 spiro atoms. The van der Waals surface area contributed by atoms with Crippen molar-refractivity contribution in [1.29, 1.82) is 5.26 Å². The molecule has 0 radical (unpaired) electrons. The minimum absolute atomic E-state index is 0.450. The average Bonchev–Trinajstić information content (AvgIpc) is 2.01. The molecular formula is C7H11ClN2S2. The summed E-state index contributed by atoms with van der Waals surface area (Å²) in [6.07, 6.45) is 1.76. The molecule has 0 heterocycles. The molecular weight excluding hydrogens is 212 g/mol. The van der Waals surface area contributed by atoms with E-state index >= 15 is 0 Å². The van der Waals surface area contributed by atoms with E-state index in [0.717, 1.165) is 10.1 Å². The van der Waals surface area contributed by atoms with Gasteiger partial charge in [-0.25, -0.2) is 0 Å². The van der Waals surface area contributed by atoms with Gasteiger partial charge in [0.05, 0.1) is 5.21 Å². The zero-order valence-corrected chi connectivity index (χ0v) is 9.47. The summed E-state index contributed by atoms with van der Waals surface area (Å²) in [7, 11) is 0. The molecule has 0 bridgehead atoms. The lowest BCUT2D eigenvalue weighted by Crippen LogP contribution is -1.95. The molecule has 0 saturated heterocycles. The first-order chi connectivity index (χ1) is 5.70. The van der Waals surface area contributed by atoms with Crippen LogP contribution in [0.5, 0.6) is 0 Å². The Kier molecular flexibility index (Phi) is 7.88. The predicted octanol–water partition coefficient (Wildman–Crippen LogP) is 3.14. The lowest BCUT2D eigenvalue weighted by molar-refractivity contribution is 0.752. The van der Waals surface area contributed by atoms with Crippen molar-refractivity contribution >= 4 is 39.5 Å². The highest BCUT2D eigenvalue weighted by atomic mass is 35.5. The van der Waals surface area contributed by atoms with Crippen molar-refractivity contribution in [3.05, 3.63) is 0 Å². The molecule has 0 unspecified atom stereocenters. The van der Waals surface area contributed by atoms with E-state index in [9.17, 15) is 0 Å². The van der Waals surface area contributed by atoms with Crippen LogP contribution in [-0.2, 0) is 0 Å². The fourth-order valence-electron chi connectivity index (χ4n) is 0.432. The third-order valence-corrected chi connectivity index (χ3v) is 3.51. The van der Waals surface area contributed by atoms with Crippen molar-refractivity contribution in [2.24, 2.45) is 10.9 Å². The Morgan fingerprint density at radius 1 is 1.58 bits per heavy atom. The van der Waals surface area contributed by atoms with Gasteiger partial charge in [-0.2, -0.15) is 10.3 Å². The highest BCUT2D eigenvalue weighted by Crippen LogP contribution is 2.20. The average molecular weight is 223 g/mol. The first-order valence-corrected chi connectivity index (χ1v) is 5.99. The minimum Gasteiger partial charge on any atom is -0.170 e. The second-order valence-electron chi connectivity index (χ2n) is 2.44. The number of alkyl halides is 1. The lowest BCUT2D eigenvalue weighted by atomic mass is 10.3. The second-order valence-corrected chi connectivity index (χ2v) is 5.25. The molecule has 0 aromatic heterocycles. The van der Waals surface area contributed by atoms with E-state index in [1.807, 2.05) is 0 Å². The van der Waals surface area contributed by atoms with Gasteiger partial charge in [0.25, 0.3) is 0 Å². The van der Waals surface area contributed by atoms with Crippen LogP contribution in [-0.4, -0.2) is 15.3 Å². The van der Waals surface area contributed by atoms with Gasteiger partial charge in [-0.3, -0.25) is 0 Å². The molecule has 0 rings (SSSR count). The molecule has 0 aliphatic rings. The van der Waals surface area contributed by atoms with Gasteiger partial charge < -0.3 is 0 Å². The molecule has 0 atom stereocenters. The van der Waals surface area contributed by atoms with Gasteiger partial charge in [-0.15, -0.1) is 11.6 Å². The number of rotatable bonds is 3. The van der Waals surface area contributed by atoms with Crippen LogP contribution in [0.4, 0.5) is 0 Å². The van der Waals surface area contributed by atoms with Gasteiger partial charge in [0.2, 0.25) is 6.19 Å². The highest BCUT2D eigenvalue weighted by Gasteiger charge is 2.02. The quantitative estimate of drug-likeness (QED) is 0.319. The molecule has 0 aliphatic heterocycles. The third kappa shape index (κ3) is 6.84. The second kappa shape index (κ2) is 7.78. The summed E-state index contributed by atoms with van der Waals surface area (Å²) in [5, 5.41) is 8.77. The molecule has 0 N–H and O–H groups in total. The van der Waals surface area contributed by atoms with Crippen LogP contribution in [0.2, 0.25) is 0 Å². The smallest absolute Gasteiger partial charge is 0.170 e. The van der Waals surface area contributed by atoms with Crippen LogP contribution < -0.4 is 0 Å². The predicted molar refractivity (Wildman–Crippen MR) is 58.7 cm³/mol. The minimum atomic E-state index is 0.450. The zero-order valence-electron chi connectivity index (χ0n) is 7.08. The number of hydrogen-bond acceptors (Lipinski definition) is 4. The summed E-state index contributed by atoms with van der Waals surface area (Å²) in [6.45, 7) is 4.25. The molecule has 0 fully saturated rings. The van der Waals surface area contributed by atoms with Crippen molar-refractivity contribution in [1.82, 2.24) is 0 Å². The van der Waals surface area contributed by atoms with Crippen LogP contribution in [0.25, 0.3) is 0 Å². The van der Waals surface area contributed by atoms with Gasteiger partial charge in [0.15, 0.2) is 0 Å². The molecule has 5 heteroatoms. The fraction of sp³-hybridized carbons (Fsp3) is 0.714. The number of halogens is 1. The fourth-order valence-corrected chi connectivity index (χ4v) is 2.43. The zero-order chi connectivity index (χ0) is 9.40. The van der Waals surface area contributed by atoms with E-state index in [-0.39, 0.29) is 0 Å². The standard InChI is InChI=1S/C7H11ClN2S2/c1-6(2)3-11-7(10-5-9)12-4-8/h6H,3-4H2,1-2H3. The van der Waals surface area contributed by atoms with Crippen molar-refractivity contribution < 1.29 is 0 Å². The summed E-state index contributed by atoms with van der Waals surface area (Å²) in [5.41, 5.74) is 0. The van der Waals surface area contributed by atoms with E-state index in [4.69, 9.17) is 16.9 Å². The van der Waals surface area contributed by atoms with Crippen LogP contribution in [0.1, 0.15) is 13.8 Å². The first-order valence-electron chi connectivity index (χ1n) is 3.49. The summed E-state index contributed by atoms with van der Waals surface area (Å²) in [6, 6.07) is 0. The largest absolute Gasteiger partial charge is 0.207 e. The monoisotopic (exact) mass is 222 g/mol. The summed E-state index contributed by atoms with van der Waals surface area (Å²) >= 11 is 8.49. The lowest BCUT2D eigenvalue weighted by Gasteiger charge is -2.03. The SMILES string of the molecule is CC(C)CSC(=NC#N)SCCl. The van der Waals surface area contributed by atoms with Gasteiger partial charge in [-0.1, -0.05) is 37.4 Å². The Morgan fingerprint density at radius 2 is 2.25 bits per heavy atom. The van der Waals surface area contributed by atoms with E-state index in [0.29, 0.717) is 11.1 Å². The molecule has 0 aromatic rings. The third-order valence-electron chi connectivity index (χ3n) is 0.859. The van der Waals surface area contributed by atoms with Crippen LogP contribution in [0.15, 0.2) is 4.99 Å². The molecule has 0 aliphatic carbocycles. The number of thioether (sulfide) groups is 2. The van der Waals surface area contributed by atoms with Crippen LogP contribution in [0.3, 0.4) is 0 Å². The van der Waals surface area contributed by atoms with E-state index < -0.39 is 0 Å². The van der Waals surface area contributed by atoms with Gasteiger partial charge in [0, 0.05) is 5.75 Å². The molecule has 68 valence electrons. The topological polar surface area (TPSA) is 36.1 Å². The molecule has 0 amide bonds. The van der Waals surface area contributed by atoms with Gasteiger partial charge >= 0.3 is 0 Å². The number of nitriles is 1. The Hall–Kier alpha value is 0.150. The van der Waals surface area contributed by atoms with E-state index in [1.54, 1.807) is 18.0 Å². The molecule has 12 heavy (non-hydrogen) atoms. The Morgan fingerprint density at radius 3 is 2.67 bits per heavy atom. The molecule has 2 nitrogen and oxygen atoms in total. The molecule has 0 saturated carbocycles. The van der Waals surface area contributed by atoms with Crippen molar-refractivity contribution in [3.8, 4) is 6.19 Å². The summed E-state index contributed by atoms with van der Waals surface area (Å²) in [4.78, 5) is 3.65. The van der Waals surface area contributed by atoms with Crippen molar-refractivity contribution in [2.45, 2.75) is 13.8 Å². The van der Waals surface area contributed by atoms with Crippen molar-refractivity contribution in [2.75, 3.05) is 11.0 Å². The van der Waals surface area contributed by atoms with E-state index in [2.05, 4.69) is 18.8 Å². The van der Waals surface area contributed by atoms with Crippen LogP contribution >= 0.6 is 35.1 Å². The summed E-state index contributed by atoms with van der Waals surface area (Å²) in [5.74, 6) is 1.58. The number of hydrogen-bond donors (Lipinski definition) is 0. The van der Waals surface area contributed by atoms with Gasteiger partial charge in [0.1, 0.15) is 4.38 Å². The normalized spacial score (nSPS) is 11.8. The highest BCUT2D eigenvalue weighted by molar-refractivity contribution is 8.39. The maximum absolute atomic E-state index is 8.32. The summed E-state index contributed by atoms with van der Waals surface area (Å²) < 4.78 is 0.765. The van der Waals surface area contributed by atoms with Gasteiger partial charge in [-0.05, 0) is 5.92 Å². The Bertz CT molecular complexity index is 186. The van der Waals surface area contributed by atoms with E-state index in [1.165, 1.54) is 11.8 Å². The van der Waals surface area contributed by atoms with Crippen LogP contribution in [0, 0.1) is 17.4 Å². The molecule has 0 aromatic carbocycles.